The zero-order valence-corrected chi connectivity index (χ0v) is 21.7. The van der Waals surface area contributed by atoms with Crippen LogP contribution in [0.3, 0.4) is 0 Å². The minimum atomic E-state index is 0. The predicted octanol–water partition coefficient (Wildman–Crippen LogP) is 1.93. The van der Waals surface area contributed by atoms with Gasteiger partial charge in [-0.3, -0.25) is 0 Å². The summed E-state index contributed by atoms with van der Waals surface area (Å²) in [5, 5.41) is 0. The van der Waals surface area contributed by atoms with E-state index in [2.05, 4.69) is 121 Å². The van der Waals surface area contributed by atoms with Gasteiger partial charge in [-0.15, -0.1) is 0 Å². The Hall–Kier alpha value is -1.64. The summed E-state index contributed by atoms with van der Waals surface area (Å²) in [4.78, 5) is 0. The Morgan fingerprint density at radius 3 is 1.50 bits per heavy atom. The van der Waals surface area contributed by atoms with Crippen LogP contribution in [-0.2, 0) is 0 Å². The Kier molecular flexibility index (Phi) is 10.6. The Labute approximate surface area is 226 Å². The van der Waals surface area contributed by atoms with Gasteiger partial charge >= 0.3 is 59.1 Å². The minimum Gasteiger partial charge on any atom is -1.00 e. The Bertz CT molecular complexity index is 1090. The summed E-state index contributed by atoms with van der Waals surface area (Å²) in [6.07, 6.45) is 8.78. The Morgan fingerprint density at radius 1 is 0.433 bits per heavy atom. The van der Waals surface area contributed by atoms with Crippen molar-refractivity contribution in [2.45, 2.75) is 0 Å². The molecule has 2 heteroatoms. The van der Waals surface area contributed by atoms with E-state index >= 15 is 0 Å². The molecule has 138 valence electrons. The molecule has 0 amide bonds. The largest absolute Gasteiger partial charge is 1.00 e. The molecular weight excluding hydrogens is 382 g/mol. The van der Waals surface area contributed by atoms with E-state index in [0.717, 1.165) is 0 Å². The third kappa shape index (κ3) is 6.68. The second-order valence-electron chi connectivity index (χ2n) is 6.66. The first kappa shape index (κ1) is 24.6. The van der Waals surface area contributed by atoms with Crippen LogP contribution in [0.2, 0.25) is 0 Å². The summed E-state index contributed by atoms with van der Waals surface area (Å²) in [6.45, 7) is 0. The molecule has 4 aromatic rings. The molecular formula is C28H24Na2. The fraction of sp³-hybridized carbons (Fsp3) is 0. The van der Waals surface area contributed by atoms with Gasteiger partial charge in [-0.1, -0.05) is 133 Å². The van der Waals surface area contributed by atoms with Crippen LogP contribution in [0, 0.1) is 0 Å². The molecule has 0 aliphatic rings. The number of hydrogen-bond acceptors (Lipinski definition) is 0. The third-order valence-corrected chi connectivity index (χ3v) is 4.72. The van der Waals surface area contributed by atoms with E-state index in [9.17, 15) is 0 Å². The van der Waals surface area contributed by atoms with Gasteiger partial charge in [0.05, 0.1) is 0 Å². The fourth-order valence-corrected chi connectivity index (χ4v) is 3.28. The van der Waals surface area contributed by atoms with Crippen LogP contribution in [0.4, 0.5) is 0 Å². The van der Waals surface area contributed by atoms with Crippen molar-refractivity contribution in [2.24, 2.45) is 0 Å². The number of benzene rings is 4. The minimum absolute atomic E-state index is 0. The van der Waals surface area contributed by atoms with Gasteiger partial charge in [0.2, 0.25) is 0 Å². The molecule has 0 unspecified atom stereocenters. The molecule has 0 saturated heterocycles. The molecule has 30 heavy (non-hydrogen) atoms. The van der Waals surface area contributed by atoms with Crippen molar-refractivity contribution in [1.29, 1.82) is 0 Å². The molecule has 0 radical (unpaired) electrons. The van der Waals surface area contributed by atoms with Gasteiger partial charge in [0.25, 0.3) is 0 Å². The zero-order valence-electron chi connectivity index (χ0n) is 19.7. The average Bonchev–Trinajstić information content (AvgIpc) is 2.78. The maximum atomic E-state index is 2.22. The summed E-state index contributed by atoms with van der Waals surface area (Å²) < 4.78 is 0. The molecule has 0 saturated carbocycles. The van der Waals surface area contributed by atoms with Crippen molar-refractivity contribution in [1.82, 2.24) is 0 Å². The first-order valence-electron chi connectivity index (χ1n) is 9.55. The molecule has 0 atom stereocenters. The molecule has 4 aromatic carbocycles. The normalized spacial score (nSPS) is 10.5. The van der Waals surface area contributed by atoms with Gasteiger partial charge in [0.1, 0.15) is 0 Å². The van der Waals surface area contributed by atoms with Crippen LogP contribution in [0.15, 0.2) is 109 Å². The fourth-order valence-electron chi connectivity index (χ4n) is 3.28. The predicted molar refractivity (Wildman–Crippen MR) is 125 cm³/mol. The standard InChI is InChI=1S/C28H22.2Na.2H/c1-4-11-23(12-5-1)19-21-26-17-10-18-27(25-15-8-3-9-16-25)28(26)22-20-24-13-6-2-7-14-24;;;;/h1-22H;;;;/q;2*+1;2*-1. The van der Waals surface area contributed by atoms with Crippen LogP contribution in [-0.4, -0.2) is 0 Å². The van der Waals surface area contributed by atoms with E-state index in [-0.39, 0.29) is 62.0 Å². The topological polar surface area (TPSA) is 0 Å². The molecule has 0 aliphatic carbocycles. The van der Waals surface area contributed by atoms with E-state index < -0.39 is 0 Å². The second-order valence-corrected chi connectivity index (χ2v) is 6.66. The van der Waals surface area contributed by atoms with Crippen LogP contribution in [0.1, 0.15) is 25.1 Å². The smallest absolute Gasteiger partial charge is 1.00 e. The van der Waals surface area contributed by atoms with Crippen molar-refractivity contribution in [3.8, 4) is 11.1 Å². The van der Waals surface area contributed by atoms with Crippen molar-refractivity contribution in [3.05, 3.63) is 131 Å². The van der Waals surface area contributed by atoms with Crippen LogP contribution in [0.5, 0.6) is 0 Å². The van der Waals surface area contributed by atoms with Gasteiger partial charge < -0.3 is 2.85 Å². The third-order valence-electron chi connectivity index (χ3n) is 4.72. The summed E-state index contributed by atoms with van der Waals surface area (Å²) >= 11 is 0. The molecule has 0 nitrogen and oxygen atoms in total. The van der Waals surface area contributed by atoms with Gasteiger partial charge in [0.15, 0.2) is 0 Å². The first-order valence-corrected chi connectivity index (χ1v) is 9.55. The van der Waals surface area contributed by atoms with E-state index in [1.54, 1.807) is 0 Å². The summed E-state index contributed by atoms with van der Waals surface area (Å²) in [6, 6.07) is 37.9. The Balaban J connectivity index is 0.00000240. The van der Waals surface area contributed by atoms with Crippen LogP contribution >= 0.6 is 0 Å². The van der Waals surface area contributed by atoms with E-state index in [0.29, 0.717) is 0 Å². The van der Waals surface area contributed by atoms with Gasteiger partial charge in [-0.2, -0.15) is 0 Å². The van der Waals surface area contributed by atoms with Gasteiger partial charge in [0, 0.05) is 0 Å². The van der Waals surface area contributed by atoms with Crippen LogP contribution in [0.25, 0.3) is 35.4 Å². The van der Waals surface area contributed by atoms with E-state index in [1.807, 2.05) is 12.1 Å². The SMILES string of the molecule is C(=Cc1cccc(-c2ccccc2)c1C=Cc1ccccc1)c1ccccc1.[H-].[H-].[Na+].[Na+]. The average molecular weight is 406 g/mol. The van der Waals surface area contributed by atoms with E-state index in [4.69, 9.17) is 0 Å². The van der Waals surface area contributed by atoms with E-state index in [1.165, 1.54) is 33.4 Å². The maximum absolute atomic E-state index is 2.22. The molecule has 4 rings (SSSR count). The maximum Gasteiger partial charge on any atom is 1.00 e. The van der Waals surface area contributed by atoms with Gasteiger partial charge in [-0.05, 0) is 33.4 Å². The van der Waals surface area contributed by atoms with Gasteiger partial charge in [-0.25, -0.2) is 0 Å². The second kappa shape index (κ2) is 12.9. The molecule has 0 aliphatic heterocycles. The van der Waals surface area contributed by atoms with Crippen molar-refractivity contribution < 1.29 is 62.0 Å². The van der Waals surface area contributed by atoms with Crippen LogP contribution < -0.4 is 59.1 Å². The number of hydrogen-bond donors (Lipinski definition) is 0. The summed E-state index contributed by atoms with van der Waals surface area (Å²) in [7, 11) is 0. The van der Waals surface area contributed by atoms with Crippen molar-refractivity contribution in [3.63, 3.8) is 0 Å². The van der Waals surface area contributed by atoms with Crippen molar-refractivity contribution in [2.75, 3.05) is 0 Å². The quantitative estimate of drug-likeness (QED) is 0.351. The molecule has 0 heterocycles. The molecule has 0 aromatic heterocycles. The monoisotopic (exact) mass is 406 g/mol. The molecule has 0 fully saturated rings. The summed E-state index contributed by atoms with van der Waals surface area (Å²) in [5.41, 5.74) is 7.30. The molecule has 0 spiro atoms. The van der Waals surface area contributed by atoms with Crippen molar-refractivity contribution >= 4 is 24.3 Å². The molecule has 0 bridgehead atoms. The number of rotatable bonds is 5. The molecule has 0 N–H and O–H groups in total. The first-order chi connectivity index (χ1) is 13.9. The Morgan fingerprint density at radius 2 is 0.933 bits per heavy atom. The zero-order chi connectivity index (χ0) is 19.0. The summed E-state index contributed by atoms with van der Waals surface area (Å²) in [5.74, 6) is 0.